The molecule has 30 heavy (non-hydrogen) atoms. The molecule has 9 nitrogen and oxygen atoms in total. The number of nitriles is 1. The Morgan fingerprint density at radius 1 is 1.20 bits per heavy atom. The minimum atomic E-state index is -3.83. The van der Waals surface area contributed by atoms with Gasteiger partial charge in [-0.3, -0.25) is 4.79 Å². The van der Waals surface area contributed by atoms with Gasteiger partial charge in [0.15, 0.2) is 18.1 Å². The quantitative estimate of drug-likeness (QED) is 0.702. The van der Waals surface area contributed by atoms with Gasteiger partial charge in [0.25, 0.3) is 5.91 Å². The van der Waals surface area contributed by atoms with Crippen molar-refractivity contribution < 1.29 is 22.7 Å². The molecule has 0 saturated carbocycles. The zero-order chi connectivity index (χ0) is 21.9. The number of carbonyl (C=O) groups excluding carboxylic acids is 1. The first-order chi connectivity index (χ1) is 14.2. The van der Waals surface area contributed by atoms with Crippen LogP contribution in [0.1, 0.15) is 12.5 Å². The number of methoxy groups -OCH3 is 1. The molecule has 2 aromatic carbocycles. The highest BCUT2D eigenvalue weighted by Crippen LogP contribution is 2.30. The smallest absolute Gasteiger partial charge is 0.280 e. The van der Waals surface area contributed by atoms with Crippen molar-refractivity contribution in [3.63, 3.8) is 0 Å². The number of nitrogens with zero attached hydrogens (tertiary/aromatic N) is 3. The summed E-state index contributed by atoms with van der Waals surface area (Å²) in [6.07, 6.45) is 1.66. The SMILES string of the molecule is COc1cc(/C=C2\C(=O)N(c3ccc(S(N)(=O)=O)cc3)N=C2C)ccc1OCC#N. The predicted octanol–water partition coefficient (Wildman–Crippen LogP) is 2.05. The van der Waals surface area contributed by atoms with Crippen LogP contribution in [0.3, 0.4) is 0 Å². The molecule has 1 aliphatic rings. The summed E-state index contributed by atoms with van der Waals surface area (Å²) < 4.78 is 33.4. The molecular formula is C20H18N4O5S. The summed E-state index contributed by atoms with van der Waals surface area (Å²) in [7, 11) is -2.35. The number of hydrazone groups is 1. The van der Waals surface area contributed by atoms with Crippen LogP contribution < -0.4 is 19.6 Å². The Hall–Kier alpha value is -3.68. The van der Waals surface area contributed by atoms with Crippen LogP contribution in [0.4, 0.5) is 5.69 Å². The molecule has 1 aliphatic heterocycles. The molecule has 0 radical (unpaired) electrons. The highest BCUT2D eigenvalue weighted by atomic mass is 32.2. The predicted molar refractivity (Wildman–Crippen MR) is 110 cm³/mol. The van der Waals surface area contributed by atoms with E-state index in [2.05, 4.69) is 5.10 Å². The van der Waals surface area contributed by atoms with Crippen molar-refractivity contribution >= 4 is 33.4 Å². The van der Waals surface area contributed by atoms with Crippen LogP contribution in [0.25, 0.3) is 6.08 Å². The van der Waals surface area contributed by atoms with Gasteiger partial charge in [-0.05, 0) is 55.0 Å². The largest absolute Gasteiger partial charge is 0.493 e. The van der Waals surface area contributed by atoms with Crippen molar-refractivity contribution in [1.82, 2.24) is 0 Å². The summed E-state index contributed by atoms with van der Waals surface area (Å²) in [5.41, 5.74) is 1.96. The van der Waals surface area contributed by atoms with Crippen molar-refractivity contribution in [3.8, 4) is 17.6 Å². The van der Waals surface area contributed by atoms with E-state index in [4.69, 9.17) is 19.9 Å². The lowest BCUT2D eigenvalue weighted by atomic mass is 10.1. The Morgan fingerprint density at radius 3 is 2.50 bits per heavy atom. The molecule has 10 heteroatoms. The topological polar surface area (TPSA) is 135 Å². The third-order valence-electron chi connectivity index (χ3n) is 4.26. The number of ether oxygens (including phenoxy) is 2. The van der Waals surface area contributed by atoms with Crippen LogP contribution >= 0.6 is 0 Å². The molecule has 0 spiro atoms. The van der Waals surface area contributed by atoms with E-state index in [0.717, 1.165) is 0 Å². The number of benzene rings is 2. The van der Waals surface area contributed by atoms with Crippen LogP contribution in [0.5, 0.6) is 11.5 Å². The summed E-state index contributed by atoms with van der Waals surface area (Å²) in [6.45, 7) is 1.59. The molecule has 1 heterocycles. The maximum atomic E-state index is 12.9. The fourth-order valence-corrected chi connectivity index (χ4v) is 3.32. The lowest BCUT2D eigenvalue weighted by Crippen LogP contribution is -2.21. The van der Waals surface area contributed by atoms with Gasteiger partial charge < -0.3 is 9.47 Å². The van der Waals surface area contributed by atoms with Gasteiger partial charge in [-0.1, -0.05) is 6.07 Å². The fourth-order valence-electron chi connectivity index (χ4n) is 2.81. The second-order valence-electron chi connectivity index (χ2n) is 6.26. The van der Waals surface area contributed by atoms with Crippen LogP contribution in [-0.4, -0.2) is 33.8 Å². The van der Waals surface area contributed by atoms with Gasteiger partial charge in [0, 0.05) is 0 Å². The van der Waals surface area contributed by atoms with Gasteiger partial charge in [-0.2, -0.15) is 15.4 Å². The van der Waals surface area contributed by atoms with E-state index < -0.39 is 10.0 Å². The molecule has 0 atom stereocenters. The summed E-state index contributed by atoms with van der Waals surface area (Å²) in [6, 6.07) is 12.5. The Labute approximate surface area is 173 Å². The van der Waals surface area contributed by atoms with Gasteiger partial charge in [0.05, 0.1) is 29.0 Å². The van der Waals surface area contributed by atoms with E-state index >= 15 is 0 Å². The molecule has 154 valence electrons. The van der Waals surface area contributed by atoms with E-state index in [1.54, 1.807) is 31.2 Å². The lowest BCUT2D eigenvalue weighted by Gasteiger charge is -2.12. The number of hydrogen-bond acceptors (Lipinski definition) is 7. The first kappa shape index (κ1) is 21.0. The van der Waals surface area contributed by atoms with Gasteiger partial charge in [0.1, 0.15) is 6.07 Å². The third-order valence-corrected chi connectivity index (χ3v) is 5.19. The maximum absolute atomic E-state index is 12.9. The second-order valence-corrected chi connectivity index (χ2v) is 7.82. The monoisotopic (exact) mass is 426 g/mol. The number of primary sulfonamides is 1. The average Bonchev–Trinajstić information content (AvgIpc) is 3.00. The molecule has 0 bridgehead atoms. The molecule has 0 saturated heterocycles. The molecule has 2 N–H and O–H groups in total. The number of carbonyl (C=O) groups is 1. The number of nitrogens with two attached hydrogens (primary N) is 1. The maximum Gasteiger partial charge on any atom is 0.280 e. The second kappa shape index (κ2) is 8.36. The van der Waals surface area contributed by atoms with Crippen molar-refractivity contribution in [1.29, 1.82) is 5.26 Å². The van der Waals surface area contributed by atoms with Gasteiger partial charge in [-0.25, -0.2) is 13.6 Å². The summed E-state index contributed by atoms with van der Waals surface area (Å²) >= 11 is 0. The number of amides is 1. The van der Waals surface area contributed by atoms with Crippen LogP contribution in [0.15, 0.2) is 58.0 Å². The van der Waals surface area contributed by atoms with Gasteiger partial charge in [-0.15, -0.1) is 0 Å². The first-order valence-electron chi connectivity index (χ1n) is 8.67. The molecule has 0 fully saturated rings. The van der Waals surface area contributed by atoms with Crippen LogP contribution in [0, 0.1) is 11.3 Å². The Kier molecular flexibility index (Phi) is 5.86. The standard InChI is InChI=1S/C20H18N4O5S/c1-13-17(11-14-3-8-18(29-10-9-21)19(12-14)28-2)20(25)24(23-13)15-4-6-16(7-5-15)30(22,26)27/h3-8,11-12H,10H2,1-2H3,(H2,22,26,27)/b17-11-. The highest BCUT2D eigenvalue weighted by Gasteiger charge is 2.29. The number of anilines is 1. The molecule has 3 rings (SSSR count). The van der Waals surface area contributed by atoms with Gasteiger partial charge in [0.2, 0.25) is 10.0 Å². The molecule has 2 aromatic rings. The Morgan fingerprint density at radius 2 is 1.90 bits per heavy atom. The van der Waals surface area contributed by atoms with Crippen LogP contribution in [0.2, 0.25) is 0 Å². The molecule has 0 aromatic heterocycles. The van der Waals surface area contributed by atoms with E-state index in [-0.39, 0.29) is 17.4 Å². The minimum Gasteiger partial charge on any atom is -0.493 e. The summed E-state index contributed by atoms with van der Waals surface area (Å²) in [4.78, 5) is 12.8. The highest BCUT2D eigenvalue weighted by molar-refractivity contribution is 7.89. The third kappa shape index (κ3) is 4.32. The number of rotatable bonds is 6. The van der Waals surface area contributed by atoms with E-state index in [0.29, 0.717) is 34.0 Å². The first-order valence-corrected chi connectivity index (χ1v) is 10.2. The summed E-state index contributed by atoms with van der Waals surface area (Å²) in [5, 5.41) is 19.2. The molecule has 1 amide bonds. The number of hydrogen-bond donors (Lipinski definition) is 1. The number of sulfonamides is 1. The van der Waals surface area contributed by atoms with Crippen molar-refractivity contribution in [3.05, 3.63) is 53.6 Å². The molecular weight excluding hydrogens is 408 g/mol. The Balaban J connectivity index is 1.88. The lowest BCUT2D eigenvalue weighted by molar-refractivity contribution is -0.114. The zero-order valence-corrected chi connectivity index (χ0v) is 17.0. The molecule has 0 aliphatic carbocycles. The van der Waals surface area contributed by atoms with Crippen molar-refractivity contribution in [2.75, 3.05) is 18.7 Å². The van der Waals surface area contributed by atoms with Crippen molar-refractivity contribution in [2.45, 2.75) is 11.8 Å². The van der Waals surface area contributed by atoms with E-state index in [1.807, 2.05) is 6.07 Å². The fraction of sp³-hybridized carbons (Fsp3) is 0.150. The van der Waals surface area contributed by atoms with Crippen LogP contribution in [-0.2, 0) is 14.8 Å². The normalized spacial score (nSPS) is 15.1. The van der Waals surface area contributed by atoms with E-state index in [9.17, 15) is 13.2 Å². The Bertz CT molecular complexity index is 1190. The van der Waals surface area contributed by atoms with E-state index in [1.165, 1.54) is 36.4 Å². The van der Waals surface area contributed by atoms with Crippen molar-refractivity contribution in [2.24, 2.45) is 10.2 Å². The average molecular weight is 426 g/mol. The van der Waals surface area contributed by atoms with Gasteiger partial charge >= 0.3 is 0 Å². The summed E-state index contributed by atoms with van der Waals surface area (Å²) in [5.74, 6) is 0.482. The minimum absolute atomic E-state index is 0.0554. The molecule has 0 unspecified atom stereocenters. The zero-order valence-electron chi connectivity index (χ0n) is 16.2.